The van der Waals surface area contributed by atoms with Crippen LogP contribution in [0.5, 0.6) is 0 Å². The van der Waals surface area contributed by atoms with Crippen molar-refractivity contribution in [2.45, 2.75) is 32.1 Å². The highest BCUT2D eigenvalue weighted by atomic mass is 13.9. The van der Waals surface area contributed by atoms with Gasteiger partial charge in [0.25, 0.3) is 0 Å². The SMILES string of the molecule is [CH]1/C=C/C/C=C\CC/C=C/CC/C=C/1. The molecule has 0 amide bonds. The first-order chi connectivity index (χ1) is 7.00. The molecule has 14 heavy (non-hydrogen) atoms. The summed E-state index contributed by atoms with van der Waals surface area (Å²) in [5.74, 6) is 0. The molecule has 0 aromatic heterocycles. The van der Waals surface area contributed by atoms with Crippen LogP contribution in [0.15, 0.2) is 48.6 Å². The van der Waals surface area contributed by atoms with E-state index in [0.717, 1.165) is 19.3 Å². The molecule has 0 aliphatic heterocycles. The third kappa shape index (κ3) is 6.47. The van der Waals surface area contributed by atoms with E-state index in [9.17, 15) is 0 Å². The Labute approximate surface area is 87.7 Å². The van der Waals surface area contributed by atoms with Gasteiger partial charge in [-0.1, -0.05) is 48.6 Å². The molecule has 1 radical (unpaired) electrons. The van der Waals surface area contributed by atoms with Gasteiger partial charge in [-0.3, -0.25) is 0 Å². The molecule has 0 heteroatoms. The van der Waals surface area contributed by atoms with E-state index in [-0.39, 0.29) is 0 Å². The Hall–Kier alpha value is -1.04. The molecule has 1 rings (SSSR count). The minimum Gasteiger partial charge on any atom is -0.0882 e. The van der Waals surface area contributed by atoms with Gasteiger partial charge in [-0.05, 0) is 32.1 Å². The molecule has 0 saturated carbocycles. The normalized spacial score (nSPS) is 28.6. The third-order valence-corrected chi connectivity index (χ3v) is 2.10. The van der Waals surface area contributed by atoms with Gasteiger partial charge in [-0.2, -0.15) is 0 Å². The minimum atomic E-state index is 1.05. The second-order valence-electron chi connectivity index (χ2n) is 3.38. The van der Waals surface area contributed by atoms with Gasteiger partial charge in [0.1, 0.15) is 0 Å². The number of allylic oxidation sites excluding steroid dienone is 8. The van der Waals surface area contributed by atoms with Gasteiger partial charge < -0.3 is 0 Å². The smallest absolute Gasteiger partial charge is 0.00442 e. The fourth-order valence-corrected chi connectivity index (χ4v) is 1.31. The minimum absolute atomic E-state index is 1.05. The first-order valence-corrected chi connectivity index (χ1v) is 5.45. The third-order valence-electron chi connectivity index (χ3n) is 2.10. The lowest BCUT2D eigenvalue weighted by Gasteiger charge is -1.90. The molecule has 1 aliphatic carbocycles. The number of hydrogen-bond donors (Lipinski definition) is 0. The van der Waals surface area contributed by atoms with Gasteiger partial charge in [0, 0.05) is 6.42 Å². The number of hydrogen-bond acceptors (Lipinski definition) is 0. The first-order valence-electron chi connectivity index (χ1n) is 5.45. The van der Waals surface area contributed by atoms with Crippen molar-refractivity contribution in [2.75, 3.05) is 0 Å². The van der Waals surface area contributed by atoms with E-state index in [1.54, 1.807) is 0 Å². The van der Waals surface area contributed by atoms with Crippen LogP contribution in [0.4, 0.5) is 0 Å². The van der Waals surface area contributed by atoms with Crippen LogP contribution in [0, 0.1) is 6.42 Å². The van der Waals surface area contributed by atoms with Crippen molar-refractivity contribution < 1.29 is 0 Å². The van der Waals surface area contributed by atoms with E-state index >= 15 is 0 Å². The van der Waals surface area contributed by atoms with Crippen molar-refractivity contribution in [2.24, 2.45) is 0 Å². The molecule has 0 atom stereocenters. The summed E-state index contributed by atoms with van der Waals surface area (Å²) in [4.78, 5) is 0. The topological polar surface area (TPSA) is 0 Å². The van der Waals surface area contributed by atoms with E-state index in [2.05, 4.69) is 55.0 Å². The second kappa shape index (κ2) is 8.55. The van der Waals surface area contributed by atoms with Gasteiger partial charge in [0.15, 0.2) is 0 Å². The molecule has 0 aromatic carbocycles. The fraction of sp³-hybridized carbons (Fsp3) is 0.357. The zero-order valence-electron chi connectivity index (χ0n) is 8.73. The van der Waals surface area contributed by atoms with Crippen molar-refractivity contribution >= 4 is 0 Å². The zero-order valence-corrected chi connectivity index (χ0v) is 8.73. The van der Waals surface area contributed by atoms with Gasteiger partial charge in [0.2, 0.25) is 0 Å². The molecule has 0 saturated heterocycles. The molecule has 0 spiro atoms. The summed E-state index contributed by atoms with van der Waals surface area (Å²) < 4.78 is 0. The molecule has 1 aliphatic rings. The van der Waals surface area contributed by atoms with Gasteiger partial charge in [-0.25, -0.2) is 0 Å². The second-order valence-corrected chi connectivity index (χ2v) is 3.38. The van der Waals surface area contributed by atoms with Crippen LogP contribution in [0.3, 0.4) is 0 Å². The lowest BCUT2D eigenvalue weighted by atomic mass is 10.2. The Bertz CT molecular complexity index is 204. The summed E-state index contributed by atoms with van der Waals surface area (Å²) in [5, 5.41) is 0. The quantitative estimate of drug-likeness (QED) is 0.494. The average molecular weight is 187 g/mol. The standard InChI is InChI=1S/C14H19/c1-2-4-6-8-10-12-14-13-11-9-7-5-3-1/h1-5,8,10-11,13H,6-7,9,12,14H2/b4-2+,5-3+,10-8-,13-11+. The van der Waals surface area contributed by atoms with E-state index in [0.29, 0.717) is 0 Å². The van der Waals surface area contributed by atoms with Crippen LogP contribution in [0.2, 0.25) is 0 Å². The predicted octanol–water partition coefficient (Wildman–Crippen LogP) is 4.38. The van der Waals surface area contributed by atoms with Crippen molar-refractivity contribution in [3.8, 4) is 0 Å². The number of rotatable bonds is 0. The molecule has 0 nitrogen and oxygen atoms in total. The maximum Gasteiger partial charge on any atom is 0.00442 e. The van der Waals surface area contributed by atoms with Crippen molar-refractivity contribution in [1.82, 2.24) is 0 Å². The van der Waals surface area contributed by atoms with E-state index < -0.39 is 0 Å². The lowest BCUT2D eigenvalue weighted by molar-refractivity contribution is 1.00. The Morgan fingerprint density at radius 1 is 0.500 bits per heavy atom. The van der Waals surface area contributed by atoms with Crippen LogP contribution in [0.25, 0.3) is 0 Å². The molecule has 0 N–H and O–H groups in total. The highest BCUT2D eigenvalue weighted by Crippen LogP contribution is 2.00. The summed E-state index contributed by atoms with van der Waals surface area (Å²) in [6.45, 7) is 0. The Balaban J connectivity index is 2.34. The first kappa shape index (κ1) is 11.0. The van der Waals surface area contributed by atoms with Crippen molar-refractivity contribution in [1.29, 1.82) is 0 Å². The Morgan fingerprint density at radius 3 is 1.86 bits per heavy atom. The van der Waals surface area contributed by atoms with Crippen LogP contribution in [-0.2, 0) is 0 Å². The molecule has 0 bridgehead atoms. The molecular formula is C14H19. The summed E-state index contributed by atoms with van der Waals surface area (Å²) >= 11 is 0. The van der Waals surface area contributed by atoms with Gasteiger partial charge in [0.05, 0.1) is 0 Å². The Morgan fingerprint density at radius 2 is 1.07 bits per heavy atom. The van der Waals surface area contributed by atoms with Crippen LogP contribution < -0.4 is 0 Å². The summed E-state index contributed by atoms with van der Waals surface area (Å²) in [7, 11) is 0. The lowest BCUT2D eigenvalue weighted by Crippen LogP contribution is -1.70. The van der Waals surface area contributed by atoms with Crippen LogP contribution in [0.1, 0.15) is 32.1 Å². The summed E-state index contributed by atoms with van der Waals surface area (Å²) in [5.41, 5.74) is 0. The van der Waals surface area contributed by atoms with E-state index in [1.807, 2.05) is 0 Å². The van der Waals surface area contributed by atoms with Gasteiger partial charge >= 0.3 is 0 Å². The molecule has 0 unspecified atom stereocenters. The summed E-state index contributed by atoms with van der Waals surface area (Å²) in [6, 6.07) is 0. The largest absolute Gasteiger partial charge is 0.0882 e. The molecule has 75 valence electrons. The van der Waals surface area contributed by atoms with Crippen molar-refractivity contribution in [3.63, 3.8) is 0 Å². The maximum atomic E-state index is 2.28. The summed E-state index contributed by atoms with van der Waals surface area (Å²) in [6.07, 6.45) is 25.5. The van der Waals surface area contributed by atoms with E-state index in [4.69, 9.17) is 0 Å². The fourth-order valence-electron chi connectivity index (χ4n) is 1.31. The zero-order chi connectivity index (χ0) is 9.90. The highest BCUT2D eigenvalue weighted by molar-refractivity contribution is 5.10. The molecule has 0 heterocycles. The molecule has 0 aromatic rings. The van der Waals surface area contributed by atoms with Crippen LogP contribution in [-0.4, -0.2) is 0 Å². The van der Waals surface area contributed by atoms with Crippen molar-refractivity contribution in [3.05, 3.63) is 55.0 Å². The predicted molar refractivity (Wildman–Crippen MR) is 63.9 cm³/mol. The molecule has 0 fully saturated rings. The maximum absolute atomic E-state index is 2.28. The average Bonchev–Trinajstić information content (AvgIpc) is 2.22. The van der Waals surface area contributed by atoms with Crippen LogP contribution >= 0.6 is 0 Å². The van der Waals surface area contributed by atoms with E-state index in [1.165, 1.54) is 12.8 Å². The molecular weight excluding hydrogens is 168 g/mol. The Kier molecular flexibility index (Phi) is 6.74. The monoisotopic (exact) mass is 187 g/mol. The van der Waals surface area contributed by atoms with Gasteiger partial charge in [-0.15, -0.1) is 0 Å². The highest BCUT2D eigenvalue weighted by Gasteiger charge is 1.80.